The van der Waals surface area contributed by atoms with Crippen LogP contribution in [-0.4, -0.2) is 181 Å². The minimum Gasteiger partial charge on any atom is -0.478 e. The summed E-state index contributed by atoms with van der Waals surface area (Å²) in [4.78, 5) is 77.1. The van der Waals surface area contributed by atoms with Crippen molar-refractivity contribution in [3.8, 4) is 0 Å². The van der Waals surface area contributed by atoms with E-state index in [2.05, 4.69) is 9.02 Å². The third-order valence-electron chi connectivity index (χ3n) is 14.6. The van der Waals surface area contributed by atoms with Gasteiger partial charge in [-0.05, 0) is 169 Å². The lowest BCUT2D eigenvalue weighted by Crippen LogP contribution is -2.34. The quantitative estimate of drug-likeness (QED) is 0.00720. The van der Waals surface area contributed by atoms with Crippen LogP contribution in [0.4, 0.5) is 49.6 Å². The Morgan fingerprint density at radius 2 is 0.964 bits per heavy atom. The fourth-order valence-electron chi connectivity index (χ4n) is 9.49. The predicted octanol–water partition coefficient (Wildman–Crippen LogP) is 11.7. The number of hydroxylamine groups is 4. The first-order valence-electron chi connectivity index (χ1n) is 32.6. The largest absolute Gasteiger partial charge is 0.523 e. The molecule has 0 unspecified atom stereocenters. The Labute approximate surface area is 638 Å². The Bertz CT molecular complexity index is 4230. The lowest BCUT2D eigenvalue weighted by atomic mass is 9.98. The van der Waals surface area contributed by atoms with Crippen molar-refractivity contribution in [3.63, 3.8) is 0 Å². The maximum atomic E-state index is 13.8. The first-order valence-corrected chi connectivity index (χ1v) is 35.1. The zero-order valence-corrected chi connectivity index (χ0v) is 63.7. The number of aliphatic hydroxyl groups excluding tert-OH is 1. The number of hydrogen-bond donors (Lipinski definition) is 6. The monoisotopic (exact) mass is 1710 g/mol. The molecule has 6 aromatic rings. The molecule has 4 amide bonds. The number of nitrogen functional groups attached to an aromatic ring is 1. The van der Waals surface area contributed by atoms with Crippen LogP contribution in [0.5, 0.6) is 0 Å². The van der Waals surface area contributed by atoms with Crippen LogP contribution in [0.2, 0.25) is 0 Å². The molecule has 6 aliphatic rings. The molecule has 6 aliphatic heterocycles. The van der Waals surface area contributed by atoms with E-state index in [9.17, 15) is 81.1 Å². The van der Waals surface area contributed by atoms with Gasteiger partial charge in [-0.3, -0.25) is 33.4 Å². The van der Waals surface area contributed by atoms with Gasteiger partial charge in [0.05, 0.1) is 85.3 Å². The van der Waals surface area contributed by atoms with Gasteiger partial charge in [0.2, 0.25) is 0 Å². The molecule has 6 heterocycles. The third-order valence-corrected chi connectivity index (χ3v) is 16.3. The number of halogens is 11. The van der Waals surface area contributed by atoms with E-state index in [1.807, 2.05) is 71.1 Å². The second-order valence-electron chi connectivity index (χ2n) is 24.9. The fourth-order valence-corrected chi connectivity index (χ4v) is 10.4. The van der Waals surface area contributed by atoms with E-state index < -0.39 is 128 Å². The van der Waals surface area contributed by atoms with Crippen molar-refractivity contribution in [2.75, 3.05) is 58.6 Å². The van der Waals surface area contributed by atoms with E-state index >= 15 is 0 Å². The first kappa shape index (κ1) is 94.1. The van der Waals surface area contributed by atoms with Gasteiger partial charge >= 0.3 is 27.6 Å². The van der Waals surface area contributed by atoms with Gasteiger partial charge in [-0.25, -0.2) is 46.2 Å². The molecule has 0 spiro atoms. The number of carboxylic acid groups (broad SMARTS) is 2. The minimum absolute atomic E-state index is 0.0135. The zero-order chi connectivity index (χ0) is 83.2. The van der Waals surface area contributed by atoms with Crippen molar-refractivity contribution in [1.82, 2.24) is 10.1 Å². The zero-order valence-electron chi connectivity index (χ0n) is 60.7. The van der Waals surface area contributed by atoms with Gasteiger partial charge in [-0.1, -0.05) is 50.2 Å². The number of aryl methyl sites for hydroxylation is 1. The Kier molecular flexibility index (Phi) is 35.4. The Morgan fingerprint density at radius 1 is 0.555 bits per heavy atom. The molecule has 0 saturated carbocycles. The number of carboxylic acids is 2. The summed E-state index contributed by atoms with van der Waals surface area (Å²) in [6, 6.07) is 24.9. The number of aliphatic hydroxyl groups is 1. The number of nitrogens with zero attached hydrogens (tertiary/aromatic N) is 2. The molecule has 4 fully saturated rings. The van der Waals surface area contributed by atoms with Crippen molar-refractivity contribution in [2.45, 2.75) is 136 Å². The number of nitrogens with two attached hydrogens (primary N) is 2. The second-order valence-corrected chi connectivity index (χ2v) is 27.7. The number of amides is 4. The van der Waals surface area contributed by atoms with E-state index in [4.69, 9.17) is 74.9 Å². The summed E-state index contributed by atoms with van der Waals surface area (Å²) in [6.45, 7) is 21.2. The Hall–Kier alpha value is -8.24. The Balaban J connectivity index is 0.000000269. The number of benzene rings is 6. The highest BCUT2D eigenvalue weighted by Gasteiger charge is 2.48. The molecule has 12 rings (SSSR count). The molecule has 0 radical (unpaired) electrons. The molecule has 39 heteroatoms. The van der Waals surface area contributed by atoms with Crippen LogP contribution in [-0.2, 0) is 68.3 Å². The summed E-state index contributed by atoms with van der Waals surface area (Å²) < 4.78 is 193. The van der Waals surface area contributed by atoms with E-state index in [1.54, 1.807) is 82.3 Å². The lowest BCUT2D eigenvalue weighted by molar-refractivity contribution is -0.163. The molecule has 27 nitrogen and oxygen atoms in total. The summed E-state index contributed by atoms with van der Waals surface area (Å²) in [5.41, 5.74) is 0.624. The number of imide groups is 2. The smallest absolute Gasteiger partial charge is 0.478 e. The van der Waals surface area contributed by atoms with Gasteiger partial charge in [-0.2, -0.15) is 21.6 Å². The highest BCUT2D eigenvalue weighted by atomic mass is 127. The summed E-state index contributed by atoms with van der Waals surface area (Å²) in [5, 5.41) is 35.7. The molecule has 4 saturated heterocycles. The number of fused-ring (bicyclic) bond motifs is 2. The average Bonchev–Trinajstić information content (AvgIpc) is 1.52. The van der Waals surface area contributed by atoms with E-state index in [0.717, 1.165) is 22.8 Å². The van der Waals surface area contributed by atoms with E-state index in [-0.39, 0.29) is 88.9 Å². The second kappa shape index (κ2) is 41.3. The van der Waals surface area contributed by atoms with Crippen LogP contribution in [0, 0.1) is 51.2 Å². The number of anilines is 1. The summed E-state index contributed by atoms with van der Waals surface area (Å²) in [5.74, 6) is -11.1. The molecule has 0 aromatic heterocycles. The maximum Gasteiger partial charge on any atom is 0.523 e. The first-order chi connectivity index (χ1) is 51.1. The topological polar surface area (TPSA) is 378 Å². The molecule has 4 atom stereocenters. The van der Waals surface area contributed by atoms with Crippen LogP contribution in [0.3, 0.4) is 0 Å². The molecule has 8 N–H and O–H groups in total. The maximum absolute atomic E-state index is 13.8. The SMILES string of the molecule is CC.CC1(C)OC[C@H](CO)O1.CC1(C)OC[C@H](CON)O1.CC1(C)OC[C@H](CON2C(=O)c3ccccc3C2=O)O1.CC1(C)OC[C@H](COS(=O)(=O)C(F)(F)F)O1.Cc1ccc(N)c(F)c1.O=C(O)c1ccc(F)c(F)c1Cc1ccc(I)cc1F.O=C(O)c1ccc(F)c(F)c1F.O=C1c2ccccc2C(=O)N1O. The van der Waals surface area contributed by atoms with Gasteiger partial charge in [0.15, 0.2) is 52.2 Å². The number of hydrogen-bond acceptors (Lipinski definition) is 23. The van der Waals surface area contributed by atoms with Gasteiger partial charge in [0.1, 0.15) is 42.7 Å². The number of alkyl halides is 3. The standard InChI is InChI=1S/C14H8F3IO2.C14H15NO5.C8H5NO3.C7H11F3O5S.C7H3F3O2.C7H8FN.C6H13NO3.C6H12O3.C2H6/c15-11-4-3-9(14(19)20)10(13(11)17)5-7-1-2-8(18)6-12(7)16;1-14(2)18-7-9(20-14)8-19-15-12(16)10-5-3-4-6-11(10)13(15)17;10-7-5-3-1-2-4-6(5)8(11)9(7)12;1-6(2)13-3-5(15-6)4-14-16(11,12)7(8,9)10;8-4-2-1-3(7(11)12)5(9)6(4)10;1-5-2-3-7(9)6(8)4-5;1-6(2)8-3-5(10-6)4-9-7;1-6(2)8-4-5(3-7)9-6;1-2/h1-4,6H,5H2,(H,19,20);3-6,9H,7-8H2,1-2H3;1-4,12H;5H,3-4H2,1-2H3;1-2H,(H,11,12);2-4H,9H2,1H3;5H,3-4,7H2,1-2H3;5,7H,3-4H2,1-2H3;1-2H3/t;9-;;5-;;;2*5-;/m.1.1..10./s1. The van der Waals surface area contributed by atoms with Crippen LogP contribution < -0.4 is 11.6 Å². The molecular formula is C71H81F10IN4O23S. The molecule has 606 valence electrons. The normalized spacial score (nSPS) is 19.2. The van der Waals surface area contributed by atoms with Crippen molar-refractivity contribution < 1.29 is 153 Å². The highest BCUT2D eigenvalue weighted by molar-refractivity contribution is 14.1. The van der Waals surface area contributed by atoms with Crippen molar-refractivity contribution in [1.29, 1.82) is 0 Å². The Morgan fingerprint density at radius 3 is 1.34 bits per heavy atom. The van der Waals surface area contributed by atoms with Crippen LogP contribution in [0.1, 0.15) is 148 Å². The van der Waals surface area contributed by atoms with Crippen molar-refractivity contribution in [2.24, 2.45) is 5.90 Å². The number of carbonyl (C=O) groups excluding carboxylic acids is 4. The predicted molar refractivity (Wildman–Crippen MR) is 375 cm³/mol. The van der Waals surface area contributed by atoms with Gasteiger partial charge in [0, 0.05) is 15.6 Å². The van der Waals surface area contributed by atoms with Crippen LogP contribution in [0.25, 0.3) is 0 Å². The molecule has 110 heavy (non-hydrogen) atoms. The summed E-state index contributed by atoms with van der Waals surface area (Å²) in [7, 11) is -5.56. The van der Waals surface area contributed by atoms with Gasteiger partial charge in [0.25, 0.3) is 23.6 Å². The van der Waals surface area contributed by atoms with Crippen LogP contribution >= 0.6 is 22.6 Å². The molecule has 0 bridgehead atoms. The molecule has 6 aromatic carbocycles. The third kappa shape index (κ3) is 27.9. The van der Waals surface area contributed by atoms with Crippen LogP contribution in [0.15, 0.2) is 109 Å². The lowest BCUT2D eigenvalue weighted by Gasteiger charge is -2.18. The molecular weight excluding hydrogens is 1630 g/mol. The van der Waals surface area contributed by atoms with Gasteiger partial charge < -0.3 is 63.8 Å². The van der Waals surface area contributed by atoms with Crippen molar-refractivity contribution in [3.05, 3.63) is 204 Å². The average molecular weight is 1710 g/mol. The molecule has 0 aliphatic carbocycles. The van der Waals surface area contributed by atoms with E-state index in [0.29, 0.717) is 53.3 Å². The van der Waals surface area contributed by atoms with Gasteiger partial charge in [-0.15, -0.1) is 10.1 Å². The number of ether oxygens (including phenoxy) is 8. The highest BCUT2D eigenvalue weighted by Crippen LogP contribution is 2.31. The minimum atomic E-state index is -5.56. The number of aromatic carboxylic acids is 2. The number of rotatable bonds is 13. The number of carbonyl (C=O) groups is 6. The summed E-state index contributed by atoms with van der Waals surface area (Å²) >= 11 is 1.91. The fraction of sp³-hybridized carbons (Fsp3) is 0.408. The van der Waals surface area contributed by atoms with E-state index in [1.165, 1.54) is 30.3 Å². The summed E-state index contributed by atoms with van der Waals surface area (Å²) in [6.07, 6.45) is -1.59. The van der Waals surface area contributed by atoms with Crippen molar-refractivity contribution >= 4 is 74.0 Å².